The first kappa shape index (κ1) is 15.9. The number of fused-ring (bicyclic) bond motifs is 1. The zero-order valence-corrected chi connectivity index (χ0v) is 13.6. The van der Waals surface area contributed by atoms with E-state index in [4.69, 9.17) is 4.74 Å². The molecule has 3 rings (SSSR count). The summed E-state index contributed by atoms with van der Waals surface area (Å²) in [4.78, 5) is 14.8. The minimum Gasteiger partial charge on any atom is -0.379 e. The summed E-state index contributed by atoms with van der Waals surface area (Å²) in [6, 6.07) is 5.33. The third-order valence-electron chi connectivity index (χ3n) is 4.74. The van der Waals surface area contributed by atoms with Crippen LogP contribution in [0.25, 0.3) is 11.0 Å². The van der Waals surface area contributed by atoms with Crippen LogP contribution in [0.3, 0.4) is 0 Å². The molecule has 1 atom stereocenters. The second-order valence-electron chi connectivity index (χ2n) is 6.16. The topological polar surface area (TPSA) is 83.1 Å². The van der Waals surface area contributed by atoms with Gasteiger partial charge in [0.25, 0.3) is 5.91 Å². The number of hydrogen-bond donors (Lipinski definition) is 2. The van der Waals surface area contributed by atoms with Gasteiger partial charge in [0.05, 0.1) is 13.2 Å². The number of benzene rings is 1. The Morgan fingerprint density at radius 1 is 1.35 bits per heavy atom. The summed E-state index contributed by atoms with van der Waals surface area (Å²) in [5.41, 5.74) is 2.00. The fourth-order valence-electron chi connectivity index (χ4n) is 2.92. The van der Waals surface area contributed by atoms with Crippen LogP contribution < -0.4 is 5.32 Å². The van der Waals surface area contributed by atoms with Gasteiger partial charge in [-0.2, -0.15) is 15.4 Å². The van der Waals surface area contributed by atoms with Gasteiger partial charge < -0.3 is 10.1 Å². The number of hydrogen-bond acceptors (Lipinski definition) is 5. The van der Waals surface area contributed by atoms with Gasteiger partial charge >= 0.3 is 0 Å². The molecule has 1 aromatic heterocycles. The molecule has 0 radical (unpaired) electrons. The number of rotatable bonds is 5. The first-order valence-corrected chi connectivity index (χ1v) is 8.04. The Kier molecular flexibility index (Phi) is 4.58. The zero-order valence-electron chi connectivity index (χ0n) is 13.6. The maximum absolute atomic E-state index is 12.4. The van der Waals surface area contributed by atoms with Crippen molar-refractivity contribution >= 4 is 16.9 Å². The molecule has 23 heavy (non-hydrogen) atoms. The van der Waals surface area contributed by atoms with E-state index in [2.05, 4.69) is 39.5 Å². The molecule has 1 fully saturated rings. The number of amides is 1. The van der Waals surface area contributed by atoms with Gasteiger partial charge in [-0.3, -0.25) is 9.69 Å². The van der Waals surface area contributed by atoms with Gasteiger partial charge in [0.15, 0.2) is 0 Å². The van der Waals surface area contributed by atoms with Crippen LogP contribution in [0.4, 0.5) is 0 Å². The van der Waals surface area contributed by atoms with E-state index < -0.39 is 0 Å². The van der Waals surface area contributed by atoms with Gasteiger partial charge in [-0.25, -0.2) is 0 Å². The van der Waals surface area contributed by atoms with E-state index in [0.717, 1.165) is 38.2 Å². The number of carbonyl (C=O) groups excluding carboxylic acids is 1. The van der Waals surface area contributed by atoms with Gasteiger partial charge in [0, 0.05) is 30.7 Å². The van der Waals surface area contributed by atoms with Crippen molar-refractivity contribution in [2.45, 2.75) is 25.8 Å². The molecule has 0 aliphatic carbocycles. The second-order valence-corrected chi connectivity index (χ2v) is 6.16. The smallest absolute Gasteiger partial charge is 0.251 e. The fourth-order valence-corrected chi connectivity index (χ4v) is 2.92. The van der Waals surface area contributed by atoms with Crippen LogP contribution in [0.15, 0.2) is 18.2 Å². The number of morpholine rings is 1. The van der Waals surface area contributed by atoms with Crippen LogP contribution in [-0.4, -0.2) is 64.6 Å². The fraction of sp³-hybridized carbons (Fsp3) is 0.562. The van der Waals surface area contributed by atoms with E-state index in [-0.39, 0.29) is 11.4 Å². The average Bonchev–Trinajstić information content (AvgIpc) is 3.07. The van der Waals surface area contributed by atoms with Crippen LogP contribution in [-0.2, 0) is 4.74 Å². The highest BCUT2D eigenvalue weighted by atomic mass is 16.5. The van der Waals surface area contributed by atoms with Gasteiger partial charge in [0.2, 0.25) is 0 Å². The van der Waals surface area contributed by atoms with Crippen molar-refractivity contribution in [3.8, 4) is 0 Å². The summed E-state index contributed by atoms with van der Waals surface area (Å²) in [5.74, 6) is -0.0807. The van der Waals surface area contributed by atoms with E-state index in [1.165, 1.54) is 0 Å². The molecule has 1 saturated heterocycles. The first-order valence-electron chi connectivity index (χ1n) is 8.04. The molecule has 0 spiro atoms. The molecule has 7 nitrogen and oxygen atoms in total. The van der Waals surface area contributed by atoms with Crippen LogP contribution in [0.5, 0.6) is 0 Å². The zero-order chi connectivity index (χ0) is 16.3. The van der Waals surface area contributed by atoms with Crippen LogP contribution in [0.2, 0.25) is 0 Å². The Hall–Kier alpha value is -1.99. The Morgan fingerprint density at radius 2 is 2.09 bits per heavy atom. The van der Waals surface area contributed by atoms with E-state index >= 15 is 0 Å². The highest BCUT2D eigenvalue weighted by Gasteiger charge is 2.31. The highest BCUT2D eigenvalue weighted by molar-refractivity contribution is 5.97. The van der Waals surface area contributed by atoms with Crippen molar-refractivity contribution in [2.24, 2.45) is 0 Å². The number of aromatic nitrogens is 3. The summed E-state index contributed by atoms with van der Waals surface area (Å²) in [6.45, 7) is 8.29. The second kappa shape index (κ2) is 6.64. The molecular weight excluding hydrogens is 294 g/mol. The molecule has 124 valence electrons. The number of carbonyl (C=O) groups is 1. The minimum atomic E-state index is -0.0807. The molecule has 0 saturated carbocycles. The number of H-pyrrole nitrogens is 1. The summed E-state index contributed by atoms with van der Waals surface area (Å²) in [5, 5.41) is 13.6. The van der Waals surface area contributed by atoms with E-state index in [1.54, 1.807) is 18.2 Å². The van der Waals surface area contributed by atoms with Crippen molar-refractivity contribution in [1.29, 1.82) is 0 Å². The predicted octanol–water partition coefficient (Wildman–Crippen LogP) is 1.19. The largest absolute Gasteiger partial charge is 0.379 e. The van der Waals surface area contributed by atoms with Gasteiger partial charge in [-0.1, -0.05) is 6.92 Å². The standard InChI is InChI=1S/C16H23N5O2/c1-3-16(2,21-6-8-23-9-7-21)11-17-15(22)12-4-5-13-14(10-12)19-20-18-13/h4-5,10H,3,6-9,11H2,1-2H3,(H,17,22)(H,18,19,20). The molecule has 1 aliphatic heterocycles. The normalized spacial score (nSPS) is 18.7. The summed E-state index contributed by atoms with van der Waals surface area (Å²) in [6.07, 6.45) is 0.968. The number of nitrogens with one attached hydrogen (secondary N) is 2. The van der Waals surface area contributed by atoms with E-state index in [9.17, 15) is 4.79 Å². The Bertz CT molecular complexity index is 680. The van der Waals surface area contributed by atoms with Gasteiger partial charge in [-0.15, -0.1) is 0 Å². The molecule has 1 aromatic carbocycles. The van der Waals surface area contributed by atoms with Crippen molar-refractivity contribution in [3.05, 3.63) is 23.8 Å². The number of ether oxygens (including phenoxy) is 1. The molecule has 1 aliphatic rings. The highest BCUT2D eigenvalue weighted by Crippen LogP contribution is 2.20. The van der Waals surface area contributed by atoms with Crippen molar-refractivity contribution in [1.82, 2.24) is 25.6 Å². The molecule has 7 heteroatoms. The van der Waals surface area contributed by atoms with E-state index in [1.807, 2.05) is 0 Å². The molecule has 2 N–H and O–H groups in total. The van der Waals surface area contributed by atoms with Crippen LogP contribution in [0, 0.1) is 0 Å². The number of nitrogens with zero attached hydrogens (tertiary/aromatic N) is 3. The van der Waals surface area contributed by atoms with Gasteiger partial charge in [0.1, 0.15) is 11.0 Å². The van der Waals surface area contributed by atoms with Crippen LogP contribution >= 0.6 is 0 Å². The lowest BCUT2D eigenvalue weighted by Gasteiger charge is -2.43. The van der Waals surface area contributed by atoms with Crippen molar-refractivity contribution in [2.75, 3.05) is 32.8 Å². The quantitative estimate of drug-likeness (QED) is 0.865. The van der Waals surface area contributed by atoms with Crippen LogP contribution in [0.1, 0.15) is 30.6 Å². The molecule has 1 amide bonds. The Morgan fingerprint density at radius 3 is 2.83 bits per heavy atom. The van der Waals surface area contributed by atoms with Crippen molar-refractivity contribution < 1.29 is 9.53 Å². The lowest BCUT2D eigenvalue weighted by Crippen LogP contribution is -2.56. The maximum Gasteiger partial charge on any atom is 0.251 e. The first-order chi connectivity index (χ1) is 11.1. The minimum absolute atomic E-state index is 0.0581. The Balaban J connectivity index is 1.66. The van der Waals surface area contributed by atoms with Gasteiger partial charge in [-0.05, 0) is 31.5 Å². The average molecular weight is 317 g/mol. The maximum atomic E-state index is 12.4. The third-order valence-corrected chi connectivity index (χ3v) is 4.74. The van der Waals surface area contributed by atoms with Crippen molar-refractivity contribution in [3.63, 3.8) is 0 Å². The summed E-state index contributed by atoms with van der Waals surface area (Å²) in [7, 11) is 0. The molecule has 2 heterocycles. The molecule has 0 bridgehead atoms. The molecule has 2 aromatic rings. The lowest BCUT2D eigenvalue weighted by atomic mass is 9.95. The molecule has 1 unspecified atom stereocenters. The summed E-state index contributed by atoms with van der Waals surface area (Å²) < 4.78 is 5.42. The molecular formula is C16H23N5O2. The third kappa shape index (κ3) is 3.35. The van der Waals surface area contributed by atoms with E-state index in [0.29, 0.717) is 17.6 Å². The number of aromatic amines is 1. The Labute approximate surface area is 135 Å². The predicted molar refractivity (Wildman–Crippen MR) is 87.3 cm³/mol. The lowest BCUT2D eigenvalue weighted by molar-refractivity contribution is -0.0169. The monoisotopic (exact) mass is 317 g/mol. The summed E-state index contributed by atoms with van der Waals surface area (Å²) >= 11 is 0. The SMILES string of the molecule is CCC(C)(CNC(=O)c1ccc2n[nH]nc2c1)N1CCOCC1.